The molecule has 1 N–H and O–H groups in total. The summed E-state index contributed by atoms with van der Waals surface area (Å²) >= 11 is 12.0. The summed E-state index contributed by atoms with van der Waals surface area (Å²) in [5.74, 6) is -0.232. The first kappa shape index (κ1) is 17.5. The molecule has 0 atom stereocenters. The molecular weight excluding hydrogens is 379 g/mol. The molecule has 0 aliphatic carbocycles. The van der Waals surface area contributed by atoms with Crippen molar-refractivity contribution in [1.29, 1.82) is 0 Å². The zero-order valence-corrected chi connectivity index (χ0v) is 15.6. The van der Waals surface area contributed by atoms with Gasteiger partial charge in [0.2, 0.25) is 0 Å². The number of carbonyl (C=O) groups is 1. The number of benzene rings is 3. The lowest BCUT2D eigenvalue weighted by Crippen LogP contribution is -2.13. The fraction of sp³-hybridized carbons (Fsp3) is 0. The van der Waals surface area contributed by atoms with Crippen molar-refractivity contribution in [2.75, 3.05) is 5.32 Å². The zero-order chi connectivity index (χ0) is 18.8. The monoisotopic (exact) mass is 392 g/mol. The van der Waals surface area contributed by atoms with Gasteiger partial charge in [0, 0.05) is 16.6 Å². The van der Waals surface area contributed by atoms with Gasteiger partial charge in [-0.05, 0) is 30.3 Å². The Balaban J connectivity index is 1.79. The molecule has 0 saturated carbocycles. The van der Waals surface area contributed by atoms with Gasteiger partial charge in [-0.15, -0.1) is 0 Å². The van der Waals surface area contributed by atoms with E-state index in [9.17, 15) is 4.79 Å². The minimum atomic E-state index is -0.232. The third-order valence-corrected chi connectivity index (χ3v) is 4.95. The van der Waals surface area contributed by atoms with Crippen molar-refractivity contribution in [2.24, 2.45) is 0 Å². The fourth-order valence-corrected chi connectivity index (χ4v) is 3.19. The first-order valence-electron chi connectivity index (χ1n) is 8.33. The molecule has 0 bridgehead atoms. The van der Waals surface area contributed by atoms with E-state index in [1.165, 1.54) is 0 Å². The number of aromatic nitrogens is 1. The molecule has 3 nitrogen and oxygen atoms in total. The molecule has 0 fully saturated rings. The lowest BCUT2D eigenvalue weighted by atomic mass is 10.0. The van der Waals surface area contributed by atoms with Crippen molar-refractivity contribution < 1.29 is 4.79 Å². The largest absolute Gasteiger partial charge is 0.322 e. The van der Waals surface area contributed by atoms with Gasteiger partial charge in [0.25, 0.3) is 5.91 Å². The number of hydrogen-bond donors (Lipinski definition) is 1. The molecule has 1 amide bonds. The average Bonchev–Trinajstić information content (AvgIpc) is 2.70. The summed E-state index contributed by atoms with van der Waals surface area (Å²) < 4.78 is 0. The number of pyridine rings is 1. The molecular formula is C22H14Cl2N2O. The van der Waals surface area contributed by atoms with Crippen LogP contribution in [0.4, 0.5) is 5.69 Å². The molecule has 0 saturated heterocycles. The summed E-state index contributed by atoms with van der Waals surface area (Å²) in [6, 6.07) is 24.2. The summed E-state index contributed by atoms with van der Waals surface area (Å²) in [7, 11) is 0. The van der Waals surface area contributed by atoms with E-state index in [0.717, 1.165) is 22.2 Å². The Morgan fingerprint density at radius 1 is 0.815 bits per heavy atom. The van der Waals surface area contributed by atoms with Crippen molar-refractivity contribution in [1.82, 2.24) is 4.98 Å². The van der Waals surface area contributed by atoms with Gasteiger partial charge < -0.3 is 5.32 Å². The number of anilines is 1. The van der Waals surface area contributed by atoms with E-state index < -0.39 is 0 Å². The van der Waals surface area contributed by atoms with Gasteiger partial charge >= 0.3 is 0 Å². The van der Waals surface area contributed by atoms with E-state index in [1.54, 1.807) is 18.2 Å². The van der Waals surface area contributed by atoms with Crippen LogP contribution in [-0.2, 0) is 0 Å². The average molecular weight is 393 g/mol. The van der Waals surface area contributed by atoms with Gasteiger partial charge in [0.05, 0.1) is 26.8 Å². The maximum atomic E-state index is 13.0. The second kappa shape index (κ2) is 7.39. The van der Waals surface area contributed by atoms with Crippen LogP contribution in [0.1, 0.15) is 10.4 Å². The zero-order valence-electron chi connectivity index (χ0n) is 14.1. The molecule has 5 heteroatoms. The highest BCUT2D eigenvalue weighted by Crippen LogP contribution is 2.28. The minimum absolute atomic E-state index is 0.232. The molecule has 0 aliphatic heterocycles. The van der Waals surface area contributed by atoms with E-state index in [4.69, 9.17) is 28.2 Å². The van der Waals surface area contributed by atoms with Crippen LogP contribution in [0.15, 0.2) is 78.9 Å². The Labute approximate surface area is 166 Å². The standard InChI is InChI=1S/C22H14Cl2N2O/c23-18-11-10-15(12-19(18)24)25-22(27)17-13-21(14-6-2-1-3-7-14)26-20-9-5-4-8-16(17)20/h1-13H,(H,25,27). The van der Waals surface area contributed by atoms with Gasteiger partial charge in [-0.2, -0.15) is 0 Å². The van der Waals surface area contributed by atoms with E-state index in [2.05, 4.69) is 5.32 Å². The third kappa shape index (κ3) is 3.65. The number of hydrogen-bond acceptors (Lipinski definition) is 2. The van der Waals surface area contributed by atoms with Gasteiger partial charge in [-0.3, -0.25) is 4.79 Å². The van der Waals surface area contributed by atoms with Crippen LogP contribution in [0.3, 0.4) is 0 Å². The number of nitrogens with one attached hydrogen (secondary N) is 1. The highest BCUT2D eigenvalue weighted by atomic mass is 35.5. The van der Waals surface area contributed by atoms with E-state index in [1.807, 2.05) is 60.7 Å². The lowest BCUT2D eigenvalue weighted by molar-refractivity contribution is 0.102. The Morgan fingerprint density at radius 3 is 2.33 bits per heavy atom. The Kier molecular flexibility index (Phi) is 4.80. The van der Waals surface area contributed by atoms with E-state index in [0.29, 0.717) is 21.3 Å². The molecule has 0 aliphatic rings. The number of nitrogens with zero attached hydrogens (tertiary/aromatic N) is 1. The van der Waals surface area contributed by atoms with Gasteiger partial charge in [0.15, 0.2) is 0 Å². The SMILES string of the molecule is O=C(Nc1ccc(Cl)c(Cl)c1)c1cc(-c2ccccc2)nc2ccccc12. The minimum Gasteiger partial charge on any atom is -0.322 e. The van der Waals surface area contributed by atoms with Crippen molar-refractivity contribution in [3.63, 3.8) is 0 Å². The van der Waals surface area contributed by atoms with Crippen molar-refractivity contribution in [2.45, 2.75) is 0 Å². The molecule has 0 radical (unpaired) electrons. The maximum absolute atomic E-state index is 13.0. The number of para-hydroxylation sites is 1. The first-order chi connectivity index (χ1) is 13.1. The Morgan fingerprint density at radius 2 is 1.56 bits per heavy atom. The fourth-order valence-electron chi connectivity index (χ4n) is 2.89. The predicted octanol–water partition coefficient (Wildman–Crippen LogP) is 6.46. The van der Waals surface area contributed by atoms with Gasteiger partial charge in [-0.25, -0.2) is 4.98 Å². The molecule has 1 heterocycles. The Hall–Kier alpha value is -2.88. The summed E-state index contributed by atoms with van der Waals surface area (Å²) in [6.45, 7) is 0. The molecule has 0 unspecified atom stereocenters. The summed E-state index contributed by atoms with van der Waals surface area (Å²) in [5.41, 5.74) is 3.58. The van der Waals surface area contributed by atoms with Crippen LogP contribution in [0.5, 0.6) is 0 Å². The topological polar surface area (TPSA) is 42.0 Å². The smallest absolute Gasteiger partial charge is 0.256 e. The molecule has 0 spiro atoms. The maximum Gasteiger partial charge on any atom is 0.256 e. The summed E-state index contributed by atoms with van der Waals surface area (Å²) in [6.07, 6.45) is 0. The van der Waals surface area contributed by atoms with Crippen molar-refractivity contribution >= 4 is 45.7 Å². The number of fused-ring (bicyclic) bond motifs is 1. The molecule has 3 aromatic carbocycles. The van der Waals surface area contributed by atoms with Crippen molar-refractivity contribution in [3.05, 3.63) is 94.5 Å². The second-order valence-corrected chi connectivity index (χ2v) is 6.84. The quantitative estimate of drug-likeness (QED) is 0.434. The van der Waals surface area contributed by atoms with E-state index >= 15 is 0 Å². The lowest BCUT2D eigenvalue weighted by Gasteiger charge is -2.11. The number of carbonyl (C=O) groups excluding carboxylic acids is 1. The second-order valence-electron chi connectivity index (χ2n) is 6.02. The number of amides is 1. The van der Waals surface area contributed by atoms with Crippen LogP contribution in [-0.4, -0.2) is 10.9 Å². The molecule has 132 valence electrons. The summed E-state index contributed by atoms with van der Waals surface area (Å²) in [4.78, 5) is 17.7. The van der Waals surface area contributed by atoms with Crippen LogP contribution in [0.25, 0.3) is 22.2 Å². The molecule has 4 rings (SSSR count). The summed E-state index contributed by atoms with van der Waals surface area (Å²) in [5, 5.41) is 4.50. The van der Waals surface area contributed by atoms with Crippen LogP contribution >= 0.6 is 23.2 Å². The third-order valence-electron chi connectivity index (χ3n) is 4.21. The highest BCUT2D eigenvalue weighted by Gasteiger charge is 2.14. The first-order valence-corrected chi connectivity index (χ1v) is 9.09. The molecule has 27 heavy (non-hydrogen) atoms. The van der Waals surface area contributed by atoms with Crippen LogP contribution in [0.2, 0.25) is 10.0 Å². The number of halogens is 2. The van der Waals surface area contributed by atoms with Crippen LogP contribution in [0, 0.1) is 0 Å². The van der Waals surface area contributed by atoms with Crippen molar-refractivity contribution in [3.8, 4) is 11.3 Å². The van der Waals surface area contributed by atoms with E-state index in [-0.39, 0.29) is 5.91 Å². The normalized spacial score (nSPS) is 10.7. The Bertz CT molecular complexity index is 1140. The highest BCUT2D eigenvalue weighted by molar-refractivity contribution is 6.42. The predicted molar refractivity (Wildman–Crippen MR) is 112 cm³/mol. The van der Waals surface area contributed by atoms with Crippen LogP contribution < -0.4 is 5.32 Å². The van der Waals surface area contributed by atoms with Gasteiger partial charge in [-0.1, -0.05) is 71.7 Å². The molecule has 1 aromatic heterocycles. The molecule has 4 aromatic rings. The number of rotatable bonds is 3. The van der Waals surface area contributed by atoms with Gasteiger partial charge in [0.1, 0.15) is 0 Å².